The molecule has 2 fully saturated rings. The fourth-order valence-electron chi connectivity index (χ4n) is 10.5. The Balaban J connectivity index is 0.816. The second-order valence-electron chi connectivity index (χ2n) is 19.6. The number of hydrogen-bond donors (Lipinski definition) is 2. The van der Waals surface area contributed by atoms with Crippen molar-refractivity contribution in [2.45, 2.75) is 110 Å². The molecule has 2 aromatic heterocycles. The summed E-state index contributed by atoms with van der Waals surface area (Å²) in [4.78, 5) is 55.6. The number of carbonyl (C=O) groups is 2. The average Bonchev–Trinajstić information content (AvgIpc) is 3.94. The van der Waals surface area contributed by atoms with Gasteiger partial charge in [-0.05, 0) is 119 Å². The molecule has 12 nitrogen and oxygen atoms in total. The molecular weight excluding hydrogens is 884 g/mol. The Bertz CT molecular complexity index is 2810. The SMILES string of the molecule is Cc1ncsc1-c1ccc([C@H](C)NC(=O)[C@@H]2C[C@@H](O)CN2C(=O)[C@@H](C2=CC(OCCN3CCC(c4ccc5c(c4)C(C)(C)c4nc(=O)c6c(Cl)cccc6n4-5)CC3)=CCC(C)O2)C(C)C)cc1. The Morgan fingerprint density at radius 2 is 1.84 bits per heavy atom. The third kappa shape index (κ3) is 9.20. The average molecular weight is 946 g/mol. The zero-order valence-corrected chi connectivity index (χ0v) is 41.0. The van der Waals surface area contributed by atoms with Crippen LogP contribution in [0.1, 0.15) is 107 Å². The Hall–Kier alpha value is -5.34. The van der Waals surface area contributed by atoms with Gasteiger partial charge in [-0.3, -0.25) is 23.9 Å². The first-order chi connectivity index (χ1) is 32.1. The molecule has 0 bridgehead atoms. The normalized spacial score (nSPS) is 21.5. The molecule has 5 aromatic rings. The minimum atomic E-state index is -0.818. The highest BCUT2D eigenvalue weighted by Crippen LogP contribution is 2.45. The molecule has 6 heterocycles. The molecule has 0 radical (unpaired) electrons. The van der Waals surface area contributed by atoms with E-state index < -0.39 is 23.5 Å². The molecule has 2 saturated heterocycles. The number of thiazole rings is 1. The van der Waals surface area contributed by atoms with Crippen molar-refractivity contribution in [2.75, 3.05) is 32.8 Å². The van der Waals surface area contributed by atoms with Gasteiger partial charge >= 0.3 is 0 Å². The molecule has 1 unspecified atom stereocenters. The van der Waals surface area contributed by atoms with Gasteiger partial charge in [0, 0.05) is 32.0 Å². The third-order valence-corrected chi connectivity index (χ3v) is 15.5. The second kappa shape index (κ2) is 19.0. The number of halogens is 1. The molecule has 352 valence electrons. The van der Waals surface area contributed by atoms with Crippen molar-refractivity contribution in [1.29, 1.82) is 0 Å². The number of nitrogens with zero attached hydrogens (tertiary/aromatic N) is 5. The smallest absolute Gasteiger partial charge is 0.282 e. The van der Waals surface area contributed by atoms with Gasteiger partial charge < -0.3 is 24.8 Å². The molecule has 14 heteroatoms. The van der Waals surface area contributed by atoms with Crippen LogP contribution in [0.2, 0.25) is 5.02 Å². The van der Waals surface area contributed by atoms with Crippen molar-refractivity contribution in [1.82, 2.24) is 29.7 Å². The van der Waals surface area contributed by atoms with Crippen LogP contribution in [0, 0.1) is 18.8 Å². The summed E-state index contributed by atoms with van der Waals surface area (Å²) in [7, 11) is 0. The van der Waals surface area contributed by atoms with Crippen LogP contribution in [0.25, 0.3) is 27.0 Å². The number of piperidine rings is 1. The minimum Gasteiger partial charge on any atom is -0.494 e. The zero-order chi connectivity index (χ0) is 47.3. The van der Waals surface area contributed by atoms with Gasteiger partial charge in [0.15, 0.2) is 0 Å². The van der Waals surface area contributed by atoms with Crippen molar-refractivity contribution in [3.63, 3.8) is 0 Å². The number of nitrogens with one attached hydrogen (secondary N) is 1. The van der Waals surface area contributed by atoms with Crippen LogP contribution in [0.15, 0.2) is 94.6 Å². The van der Waals surface area contributed by atoms with Crippen LogP contribution < -0.4 is 10.9 Å². The number of benzene rings is 3. The number of aryl methyl sites for hydroxylation is 1. The van der Waals surface area contributed by atoms with E-state index in [2.05, 4.69) is 56.8 Å². The Kier molecular flexibility index (Phi) is 13.2. The molecule has 5 atom stereocenters. The number of aromatic nitrogens is 3. The van der Waals surface area contributed by atoms with E-state index in [-0.39, 0.29) is 48.4 Å². The maximum absolute atomic E-state index is 14.6. The highest BCUT2D eigenvalue weighted by molar-refractivity contribution is 7.13. The zero-order valence-electron chi connectivity index (χ0n) is 39.4. The summed E-state index contributed by atoms with van der Waals surface area (Å²) in [5.74, 6) is 0.959. The van der Waals surface area contributed by atoms with Crippen molar-refractivity contribution >= 4 is 45.7 Å². The van der Waals surface area contributed by atoms with Crippen molar-refractivity contribution in [3.05, 3.63) is 133 Å². The number of likely N-dealkylation sites (tertiary alicyclic amines) is 2. The summed E-state index contributed by atoms with van der Waals surface area (Å²) in [6.45, 7) is 17.3. The number of amides is 2. The number of aliphatic hydroxyl groups is 1. The molecule has 3 aromatic carbocycles. The van der Waals surface area contributed by atoms with E-state index in [1.54, 1.807) is 22.3 Å². The van der Waals surface area contributed by atoms with Crippen molar-refractivity contribution in [3.8, 4) is 16.1 Å². The van der Waals surface area contributed by atoms with Crippen molar-refractivity contribution in [2.24, 2.45) is 11.8 Å². The number of ether oxygens (including phenoxy) is 2. The van der Waals surface area contributed by atoms with Gasteiger partial charge in [-0.2, -0.15) is 4.98 Å². The first-order valence-electron chi connectivity index (χ1n) is 23.7. The van der Waals surface area contributed by atoms with Gasteiger partial charge in [-0.15, -0.1) is 11.3 Å². The minimum absolute atomic E-state index is 0.0713. The first-order valence-corrected chi connectivity index (χ1v) is 24.9. The maximum atomic E-state index is 14.6. The largest absolute Gasteiger partial charge is 0.494 e. The molecule has 67 heavy (non-hydrogen) atoms. The van der Waals surface area contributed by atoms with E-state index in [1.807, 2.05) is 88.7 Å². The lowest BCUT2D eigenvalue weighted by Gasteiger charge is -2.32. The van der Waals surface area contributed by atoms with Crippen molar-refractivity contribution < 1.29 is 24.2 Å². The quantitative estimate of drug-likeness (QED) is 0.126. The van der Waals surface area contributed by atoms with Gasteiger partial charge in [0.05, 0.1) is 67.3 Å². The number of allylic oxidation sites excluding steroid dienone is 1. The van der Waals surface area contributed by atoms with Crippen LogP contribution in [0.4, 0.5) is 0 Å². The van der Waals surface area contributed by atoms with Crippen LogP contribution in [0.3, 0.4) is 0 Å². The molecule has 4 aliphatic heterocycles. The molecule has 2 N–H and O–H groups in total. The summed E-state index contributed by atoms with van der Waals surface area (Å²) >= 11 is 8.09. The van der Waals surface area contributed by atoms with E-state index in [1.165, 1.54) is 11.1 Å². The number of hydrogen-bond acceptors (Lipinski definition) is 10. The van der Waals surface area contributed by atoms with Crippen LogP contribution in [-0.2, 0) is 24.5 Å². The molecule has 2 amide bonds. The van der Waals surface area contributed by atoms with Gasteiger partial charge in [0.1, 0.15) is 30.0 Å². The number of aliphatic hydroxyl groups excluding tert-OH is 1. The van der Waals surface area contributed by atoms with E-state index in [0.29, 0.717) is 40.9 Å². The summed E-state index contributed by atoms with van der Waals surface area (Å²) in [5.41, 5.74) is 8.39. The standard InChI is InChI=1S/C53H61ClN6O6S/c1-30(2)46(51(64)59-28-38(61)26-44(59)49(62)56-32(4)34-12-14-36(15-13-34)48-33(5)55-29-67-48)45-27-39(17-11-31(3)66-45)65-24-23-58-21-19-35(20-22-58)37-16-18-42-40(25-37)53(6,7)52-57-50(63)47-41(54)9-8-10-43(47)60(42)52/h8-10,12-18,25,27,29-32,35,38,44,46,61H,11,19-24,26,28H2,1-7H3,(H,56,62)/t31?,32-,38+,44-,46+/m0/s1. The monoisotopic (exact) mass is 944 g/mol. The lowest BCUT2D eigenvalue weighted by molar-refractivity contribution is -0.143. The molecule has 0 aliphatic carbocycles. The van der Waals surface area contributed by atoms with E-state index in [0.717, 1.165) is 71.2 Å². The summed E-state index contributed by atoms with van der Waals surface area (Å²) < 4.78 is 15.0. The predicted molar refractivity (Wildman–Crippen MR) is 263 cm³/mol. The van der Waals surface area contributed by atoms with Crippen LogP contribution in [-0.4, -0.2) is 92.3 Å². The van der Waals surface area contributed by atoms with Gasteiger partial charge in [-0.1, -0.05) is 67.9 Å². The number of fused-ring (bicyclic) bond motifs is 5. The predicted octanol–water partition coefficient (Wildman–Crippen LogP) is 8.99. The van der Waals surface area contributed by atoms with Gasteiger partial charge in [0.25, 0.3) is 5.56 Å². The number of β-amino-alcohol motifs (C(OH)–C–C–N with tert-alkyl or cyclic N) is 1. The van der Waals surface area contributed by atoms with E-state index in [9.17, 15) is 19.5 Å². The fourth-order valence-corrected chi connectivity index (χ4v) is 11.5. The Morgan fingerprint density at radius 1 is 1.07 bits per heavy atom. The molecule has 4 aliphatic rings. The lowest BCUT2D eigenvalue weighted by atomic mass is 9.81. The summed E-state index contributed by atoms with van der Waals surface area (Å²) in [6.07, 6.45) is 5.70. The molecular formula is C53H61ClN6O6S. The van der Waals surface area contributed by atoms with E-state index in [4.69, 9.17) is 21.1 Å². The van der Waals surface area contributed by atoms with Crippen LogP contribution >= 0.6 is 22.9 Å². The Labute approximate surface area is 401 Å². The van der Waals surface area contributed by atoms with E-state index >= 15 is 0 Å². The highest BCUT2D eigenvalue weighted by atomic mass is 35.5. The molecule has 0 saturated carbocycles. The molecule has 9 rings (SSSR count). The topological polar surface area (TPSA) is 139 Å². The lowest BCUT2D eigenvalue weighted by Crippen LogP contribution is -2.49. The van der Waals surface area contributed by atoms with Crippen LogP contribution in [0.5, 0.6) is 0 Å². The van der Waals surface area contributed by atoms with Gasteiger partial charge in [-0.25, -0.2) is 4.98 Å². The summed E-state index contributed by atoms with van der Waals surface area (Å²) in [5, 5.41) is 14.8. The maximum Gasteiger partial charge on any atom is 0.282 e. The first kappa shape index (κ1) is 46.8. The number of carbonyl (C=O) groups excluding carboxylic acids is 2. The second-order valence-corrected chi connectivity index (χ2v) is 20.9. The molecule has 0 spiro atoms. The fraction of sp³-hybridized carbons (Fsp3) is 0.453. The third-order valence-electron chi connectivity index (χ3n) is 14.2. The van der Waals surface area contributed by atoms with Gasteiger partial charge in [0.2, 0.25) is 11.8 Å². The Morgan fingerprint density at radius 3 is 2.55 bits per heavy atom. The summed E-state index contributed by atoms with van der Waals surface area (Å²) in [6, 6.07) is 19.3. The highest BCUT2D eigenvalue weighted by Gasteiger charge is 2.44. The number of rotatable bonds is 12.